The lowest BCUT2D eigenvalue weighted by Crippen LogP contribution is -2.64. The fourth-order valence-electron chi connectivity index (χ4n) is 8.66. The summed E-state index contributed by atoms with van der Waals surface area (Å²) < 4.78 is 0. The number of fused-ring (bicyclic) bond motifs is 7. The maximum absolute atomic E-state index is 7.08. The first-order valence-corrected chi connectivity index (χ1v) is 15.5. The zero-order valence-corrected chi connectivity index (χ0v) is 24.7. The molecule has 1 fully saturated rings. The van der Waals surface area contributed by atoms with Crippen molar-refractivity contribution in [1.29, 1.82) is 0 Å². The number of nitrogens with zero attached hydrogens (tertiary/aromatic N) is 2. The van der Waals surface area contributed by atoms with Crippen LogP contribution in [0, 0.1) is 6.42 Å². The maximum atomic E-state index is 7.08. The molecule has 9 rings (SSSR count). The van der Waals surface area contributed by atoms with Gasteiger partial charge in [-0.05, 0) is 83.3 Å². The predicted molar refractivity (Wildman–Crippen MR) is 179 cm³/mol. The highest BCUT2D eigenvalue weighted by Gasteiger charge is 2.63. The third kappa shape index (κ3) is 3.00. The van der Waals surface area contributed by atoms with Gasteiger partial charge in [-0.2, -0.15) is 0 Å². The summed E-state index contributed by atoms with van der Waals surface area (Å²) in [6.45, 7) is 5.13. The van der Waals surface area contributed by atoms with E-state index in [9.17, 15) is 0 Å². The first kappa shape index (κ1) is 24.5. The first-order chi connectivity index (χ1) is 20.5. The van der Waals surface area contributed by atoms with Crippen LogP contribution < -0.4 is 26.2 Å². The van der Waals surface area contributed by atoms with Crippen LogP contribution in [0.4, 0.5) is 28.4 Å². The molecule has 3 aliphatic heterocycles. The van der Waals surface area contributed by atoms with E-state index in [0.717, 1.165) is 30.0 Å². The molecule has 3 heterocycles. The van der Waals surface area contributed by atoms with Gasteiger partial charge in [0, 0.05) is 39.9 Å². The van der Waals surface area contributed by atoms with Crippen LogP contribution >= 0.6 is 11.6 Å². The van der Waals surface area contributed by atoms with Gasteiger partial charge < -0.3 is 9.80 Å². The molecule has 0 bridgehead atoms. The van der Waals surface area contributed by atoms with Crippen LogP contribution in [0.2, 0.25) is 5.02 Å². The Morgan fingerprint density at radius 2 is 1.45 bits per heavy atom. The molecule has 0 saturated heterocycles. The summed E-state index contributed by atoms with van der Waals surface area (Å²) in [5, 5.41) is 0.785. The van der Waals surface area contributed by atoms with Crippen LogP contribution in [-0.2, 0) is 5.41 Å². The largest absolute Gasteiger partial charge is 0.335 e. The van der Waals surface area contributed by atoms with Gasteiger partial charge in [0.1, 0.15) is 0 Å². The van der Waals surface area contributed by atoms with E-state index in [1.54, 1.807) is 0 Å². The topological polar surface area (TPSA) is 6.48 Å². The molecule has 0 N–H and O–H groups in total. The summed E-state index contributed by atoms with van der Waals surface area (Å²) in [7, 11) is 0. The second kappa shape index (κ2) is 8.49. The SMILES string of the molecule is CC12C[CH+]CCC1(C)N1c3cc(Cl)cc4c3B(c3ccccc3N4c3ccccc3)c3cc(-c4ccccc4)cc2c31. The first-order valence-electron chi connectivity index (χ1n) is 15.1. The summed E-state index contributed by atoms with van der Waals surface area (Å²) in [6, 6.07) is 40.1. The van der Waals surface area contributed by atoms with Gasteiger partial charge in [0.25, 0.3) is 6.71 Å². The zero-order chi connectivity index (χ0) is 28.2. The van der Waals surface area contributed by atoms with Gasteiger partial charge in [0.2, 0.25) is 0 Å². The minimum Gasteiger partial charge on any atom is -0.335 e. The number of anilines is 5. The van der Waals surface area contributed by atoms with Crippen molar-refractivity contribution >= 4 is 63.1 Å². The number of hydrogen-bond donors (Lipinski definition) is 0. The molecule has 1 saturated carbocycles. The average molecular weight is 562 g/mol. The van der Waals surface area contributed by atoms with Crippen molar-refractivity contribution in [2.75, 3.05) is 9.80 Å². The Labute approximate surface area is 253 Å². The van der Waals surface area contributed by atoms with Gasteiger partial charge in [-0.3, -0.25) is 0 Å². The highest BCUT2D eigenvalue weighted by atomic mass is 35.5. The molecule has 2 nitrogen and oxygen atoms in total. The Hall–Kier alpha value is -4.08. The van der Waals surface area contributed by atoms with Crippen LogP contribution in [0.25, 0.3) is 11.1 Å². The molecule has 0 aromatic heterocycles. The fourth-order valence-corrected chi connectivity index (χ4v) is 8.87. The molecular formula is C38H31BClN2+. The van der Waals surface area contributed by atoms with Gasteiger partial charge >= 0.3 is 0 Å². The molecule has 2 unspecified atom stereocenters. The number of para-hydroxylation sites is 2. The molecule has 5 aromatic rings. The maximum Gasteiger partial charge on any atom is 0.252 e. The van der Waals surface area contributed by atoms with E-state index in [2.05, 4.69) is 139 Å². The standard InChI is InChI=1S/C38H31BClN2/c1-37-19-11-12-20-38(37,2)42-34-24-27(40)23-33-35(34)39(30-17-9-10-18-32(30)41(33)28-15-7-4-8-16-28)31-22-26(21-29(37)36(31)42)25-13-5-3-6-14-25/h3-11,13-18,21-24H,12,19-20H2,1-2H3/q+1. The van der Waals surface area contributed by atoms with Crippen molar-refractivity contribution in [2.45, 2.75) is 44.1 Å². The number of benzene rings is 5. The minimum atomic E-state index is -0.0634. The van der Waals surface area contributed by atoms with E-state index in [1.807, 2.05) is 0 Å². The molecule has 4 heteroatoms. The lowest BCUT2D eigenvalue weighted by molar-refractivity contribution is 0.226. The second-order valence-corrected chi connectivity index (χ2v) is 13.3. The molecule has 4 aliphatic rings. The lowest BCUT2D eigenvalue weighted by atomic mass is 9.33. The van der Waals surface area contributed by atoms with Crippen molar-refractivity contribution in [3.63, 3.8) is 0 Å². The minimum absolute atomic E-state index is 0.0124. The summed E-state index contributed by atoms with van der Waals surface area (Å²) in [4.78, 5) is 5.15. The summed E-state index contributed by atoms with van der Waals surface area (Å²) >= 11 is 7.08. The van der Waals surface area contributed by atoms with E-state index in [-0.39, 0.29) is 17.7 Å². The highest BCUT2D eigenvalue weighted by Crippen LogP contribution is 2.62. The van der Waals surface area contributed by atoms with Crippen LogP contribution in [0.1, 0.15) is 38.7 Å². The van der Waals surface area contributed by atoms with E-state index >= 15 is 0 Å². The third-order valence-corrected chi connectivity index (χ3v) is 11.0. The molecule has 42 heavy (non-hydrogen) atoms. The zero-order valence-electron chi connectivity index (χ0n) is 23.9. The van der Waals surface area contributed by atoms with Gasteiger partial charge in [0.15, 0.2) is 0 Å². The number of rotatable bonds is 2. The monoisotopic (exact) mass is 561 g/mol. The molecule has 2 atom stereocenters. The fraction of sp³-hybridized carbons (Fsp3) is 0.184. The number of halogens is 1. The van der Waals surface area contributed by atoms with E-state index in [4.69, 9.17) is 11.6 Å². The van der Waals surface area contributed by atoms with E-state index < -0.39 is 0 Å². The molecule has 1 aliphatic carbocycles. The van der Waals surface area contributed by atoms with Crippen LogP contribution in [-0.4, -0.2) is 12.3 Å². The van der Waals surface area contributed by atoms with E-state index in [1.165, 1.54) is 55.8 Å². The Balaban J connectivity index is 1.43. The van der Waals surface area contributed by atoms with E-state index in [0.29, 0.717) is 0 Å². The predicted octanol–water partition coefficient (Wildman–Crippen LogP) is 8.18. The Morgan fingerprint density at radius 1 is 0.738 bits per heavy atom. The van der Waals surface area contributed by atoms with Crippen molar-refractivity contribution in [2.24, 2.45) is 0 Å². The summed E-state index contributed by atoms with van der Waals surface area (Å²) in [5.74, 6) is 0. The molecule has 202 valence electrons. The van der Waals surface area contributed by atoms with Crippen LogP contribution in [0.3, 0.4) is 0 Å². The smallest absolute Gasteiger partial charge is 0.252 e. The third-order valence-electron chi connectivity index (χ3n) is 10.8. The average Bonchev–Trinajstić information content (AvgIpc) is 3.23. The highest BCUT2D eigenvalue weighted by molar-refractivity contribution is 7.00. The normalized spacial score (nSPS) is 22.6. The summed E-state index contributed by atoms with van der Waals surface area (Å²) in [6.07, 6.45) is 5.84. The van der Waals surface area contributed by atoms with Crippen molar-refractivity contribution in [1.82, 2.24) is 0 Å². The molecule has 5 aromatic carbocycles. The second-order valence-electron chi connectivity index (χ2n) is 12.8. The molecule has 0 amide bonds. The van der Waals surface area contributed by atoms with Gasteiger partial charge in [0.05, 0.1) is 30.2 Å². The van der Waals surface area contributed by atoms with Gasteiger partial charge in [-0.1, -0.05) is 84.4 Å². The number of hydrogen-bond acceptors (Lipinski definition) is 2. The van der Waals surface area contributed by atoms with Crippen molar-refractivity contribution < 1.29 is 0 Å². The van der Waals surface area contributed by atoms with Crippen LogP contribution in [0.15, 0.2) is 109 Å². The Bertz CT molecular complexity index is 1900. The van der Waals surface area contributed by atoms with Crippen LogP contribution in [0.5, 0.6) is 0 Å². The molecule has 0 radical (unpaired) electrons. The molecular weight excluding hydrogens is 531 g/mol. The van der Waals surface area contributed by atoms with Crippen molar-refractivity contribution in [3.8, 4) is 11.1 Å². The Morgan fingerprint density at radius 3 is 2.26 bits per heavy atom. The Kier molecular flexibility index (Phi) is 4.96. The lowest BCUT2D eigenvalue weighted by Gasteiger charge is -2.50. The van der Waals surface area contributed by atoms with Gasteiger partial charge in [-0.15, -0.1) is 0 Å². The summed E-state index contributed by atoms with van der Waals surface area (Å²) in [5.41, 5.74) is 14.4. The van der Waals surface area contributed by atoms with Gasteiger partial charge in [-0.25, -0.2) is 0 Å². The molecule has 0 spiro atoms. The quantitative estimate of drug-likeness (QED) is 0.155. The van der Waals surface area contributed by atoms with Crippen molar-refractivity contribution in [3.05, 3.63) is 126 Å².